The Balaban J connectivity index is 2.28. The van der Waals surface area contributed by atoms with Crippen LogP contribution in [0.4, 0.5) is 0 Å². The second-order valence-electron chi connectivity index (χ2n) is 4.37. The zero-order valence-electron chi connectivity index (χ0n) is 11.1. The fourth-order valence-corrected chi connectivity index (χ4v) is 1.91. The monoisotopic (exact) mass is 249 g/mol. The summed E-state index contributed by atoms with van der Waals surface area (Å²) in [6.45, 7) is 4.13. The summed E-state index contributed by atoms with van der Waals surface area (Å²) in [5, 5.41) is 8.30. The molecule has 0 aromatic carbocycles. The average molecular weight is 249 g/mol. The fraction of sp³-hybridized carbons (Fsp3) is 0.583. The van der Waals surface area contributed by atoms with Crippen LogP contribution in [-0.2, 0) is 13.5 Å². The first-order valence-electron chi connectivity index (χ1n) is 6.27. The van der Waals surface area contributed by atoms with E-state index in [1.165, 1.54) is 0 Å². The molecule has 0 bridgehead atoms. The van der Waals surface area contributed by atoms with Crippen molar-refractivity contribution in [1.82, 2.24) is 19.9 Å². The van der Waals surface area contributed by atoms with Crippen LogP contribution in [-0.4, -0.2) is 19.9 Å². The van der Waals surface area contributed by atoms with Gasteiger partial charge in [-0.2, -0.15) is 10.1 Å². The molecule has 18 heavy (non-hydrogen) atoms. The van der Waals surface area contributed by atoms with Crippen molar-refractivity contribution < 1.29 is 4.52 Å². The van der Waals surface area contributed by atoms with Crippen molar-refractivity contribution in [2.75, 3.05) is 0 Å². The molecule has 0 saturated carbocycles. The summed E-state index contributed by atoms with van der Waals surface area (Å²) in [7, 11) is 1.88. The maximum Gasteiger partial charge on any atom is 0.261 e. The molecule has 2 aromatic rings. The Morgan fingerprint density at radius 2 is 2.22 bits per heavy atom. The molecule has 1 unspecified atom stereocenters. The third-order valence-corrected chi connectivity index (χ3v) is 2.84. The highest BCUT2D eigenvalue weighted by atomic mass is 16.5. The molecule has 6 heteroatoms. The lowest BCUT2D eigenvalue weighted by molar-refractivity contribution is 0.413. The van der Waals surface area contributed by atoms with E-state index in [1.54, 1.807) is 4.68 Å². The summed E-state index contributed by atoms with van der Waals surface area (Å²) >= 11 is 0. The largest absolute Gasteiger partial charge is 0.334 e. The lowest BCUT2D eigenvalue weighted by Gasteiger charge is -2.02. The maximum absolute atomic E-state index is 5.97. The third kappa shape index (κ3) is 2.43. The highest BCUT2D eigenvalue weighted by Crippen LogP contribution is 2.23. The highest BCUT2D eigenvalue weighted by molar-refractivity contribution is 5.55. The summed E-state index contributed by atoms with van der Waals surface area (Å²) in [4.78, 5) is 4.36. The summed E-state index contributed by atoms with van der Waals surface area (Å²) in [6, 6.07) is -0.158. The van der Waals surface area contributed by atoms with Gasteiger partial charge in [-0.15, -0.1) is 0 Å². The van der Waals surface area contributed by atoms with Gasteiger partial charge < -0.3 is 10.3 Å². The molecule has 2 rings (SSSR count). The van der Waals surface area contributed by atoms with Crippen molar-refractivity contribution in [3.63, 3.8) is 0 Å². The van der Waals surface area contributed by atoms with Crippen LogP contribution in [0.15, 0.2) is 10.7 Å². The quantitative estimate of drug-likeness (QED) is 0.874. The van der Waals surface area contributed by atoms with Crippen LogP contribution in [0.2, 0.25) is 0 Å². The van der Waals surface area contributed by atoms with E-state index in [9.17, 15) is 0 Å². The molecular formula is C12H19N5O. The van der Waals surface area contributed by atoms with Crippen LogP contribution in [0.25, 0.3) is 11.5 Å². The van der Waals surface area contributed by atoms with Crippen molar-refractivity contribution in [3.8, 4) is 11.5 Å². The van der Waals surface area contributed by atoms with Crippen molar-refractivity contribution in [2.45, 2.75) is 39.2 Å². The molecule has 0 aliphatic rings. The van der Waals surface area contributed by atoms with Crippen molar-refractivity contribution in [2.24, 2.45) is 12.8 Å². The molecule has 0 fully saturated rings. The summed E-state index contributed by atoms with van der Waals surface area (Å²) in [5.41, 5.74) is 7.81. The van der Waals surface area contributed by atoms with Crippen molar-refractivity contribution in [1.29, 1.82) is 0 Å². The Morgan fingerprint density at radius 3 is 2.89 bits per heavy atom. The molecule has 1 atom stereocenters. The van der Waals surface area contributed by atoms with Gasteiger partial charge in [0.1, 0.15) is 0 Å². The molecule has 6 nitrogen and oxygen atoms in total. The minimum atomic E-state index is -0.158. The van der Waals surface area contributed by atoms with Gasteiger partial charge in [0, 0.05) is 13.2 Å². The fourth-order valence-electron chi connectivity index (χ4n) is 1.91. The number of aryl methyl sites for hydroxylation is 2. The molecule has 0 saturated heterocycles. The van der Waals surface area contributed by atoms with E-state index >= 15 is 0 Å². The van der Waals surface area contributed by atoms with E-state index in [1.807, 2.05) is 20.2 Å². The van der Waals surface area contributed by atoms with Gasteiger partial charge in [0.05, 0.1) is 17.3 Å². The number of hydrogen-bond donors (Lipinski definition) is 1. The molecule has 0 amide bonds. The zero-order valence-corrected chi connectivity index (χ0v) is 11.1. The molecule has 0 aliphatic carbocycles. The second kappa shape index (κ2) is 5.30. The topological polar surface area (TPSA) is 82.8 Å². The first kappa shape index (κ1) is 12.8. The lowest BCUT2D eigenvalue weighted by Crippen LogP contribution is -2.11. The van der Waals surface area contributed by atoms with E-state index in [2.05, 4.69) is 22.2 Å². The van der Waals surface area contributed by atoms with Crippen LogP contribution in [0.5, 0.6) is 0 Å². The predicted octanol–water partition coefficient (Wildman–Crippen LogP) is 1.83. The number of hydrogen-bond acceptors (Lipinski definition) is 5. The maximum atomic E-state index is 5.97. The lowest BCUT2D eigenvalue weighted by atomic mass is 10.2. The van der Waals surface area contributed by atoms with Crippen LogP contribution >= 0.6 is 0 Å². The van der Waals surface area contributed by atoms with Gasteiger partial charge in [-0.1, -0.05) is 25.4 Å². The molecule has 2 heterocycles. The van der Waals surface area contributed by atoms with Crippen LogP contribution in [0, 0.1) is 0 Å². The smallest absolute Gasteiger partial charge is 0.261 e. The van der Waals surface area contributed by atoms with E-state index in [0.29, 0.717) is 11.7 Å². The second-order valence-corrected chi connectivity index (χ2v) is 4.37. The number of nitrogens with two attached hydrogens (primary N) is 1. The molecule has 98 valence electrons. The molecule has 2 aromatic heterocycles. The van der Waals surface area contributed by atoms with Gasteiger partial charge in [0.2, 0.25) is 0 Å². The minimum absolute atomic E-state index is 0.158. The highest BCUT2D eigenvalue weighted by Gasteiger charge is 2.18. The average Bonchev–Trinajstić information content (AvgIpc) is 2.95. The van der Waals surface area contributed by atoms with Gasteiger partial charge >= 0.3 is 0 Å². The minimum Gasteiger partial charge on any atom is -0.334 e. The summed E-state index contributed by atoms with van der Waals surface area (Å²) in [5.74, 6) is 1.07. The molecule has 0 radical (unpaired) electrons. The van der Waals surface area contributed by atoms with E-state index in [-0.39, 0.29) is 6.04 Å². The summed E-state index contributed by atoms with van der Waals surface area (Å²) in [6.07, 6.45) is 4.57. The van der Waals surface area contributed by atoms with Crippen molar-refractivity contribution in [3.05, 3.63) is 17.7 Å². The van der Waals surface area contributed by atoms with Crippen molar-refractivity contribution >= 4 is 0 Å². The van der Waals surface area contributed by atoms with Gasteiger partial charge in [-0.3, -0.25) is 4.68 Å². The van der Waals surface area contributed by atoms with Gasteiger partial charge in [-0.05, 0) is 12.8 Å². The Hall–Kier alpha value is -1.69. The Bertz CT molecular complexity index is 516. The van der Waals surface area contributed by atoms with Crippen LogP contribution in [0.3, 0.4) is 0 Å². The van der Waals surface area contributed by atoms with Gasteiger partial charge in [0.15, 0.2) is 5.82 Å². The van der Waals surface area contributed by atoms with Gasteiger partial charge in [0.25, 0.3) is 5.89 Å². The predicted molar refractivity (Wildman–Crippen MR) is 67.7 cm³/mol. The van der Waals surface area contributed by atoms with E-state index < -0.39 is 0 Å². The molecule has 0 aliphatic heterocycles. The molecule has 2 N–H and O–H groups in total. The van der Waals surface area contributed by atoms with Crippen LogP contribution in [0.1, 0.15) is 44.2 Å². The molecule has 0 spiro atoms. The Kier molecular flexibility index (Phi) is 3.76. The standard InChI is InChI=1S/C12H19N5O/c1-4-6-9(13)11-14-12(18-16-11)8-7-17(3)15-10(8)5-2/h7,9H,4-6,13H2,1-3H3. The zero-order chi connectivity index (χ0) is 13.1. The number of nitrogens with zero attached hydrogens (tertiary/aromatic N) is 4. The first-order chi connectivity index (χ1) is 8.65. The normalized spacial score (nSPS) is 12.9. The van der Waals surface area contributed by atoms with Crippen LogP contribution < -0.4 is 5.73 Å². The number of aromatic nitrogens is 4. The Morgan fingerprint density at radius 1 is 1.44 bits per heavy atom. The van der Waals surface area contributed by atoms with Gasteiger partial charge in [-0.25, -0.2) is 0 Å². The first-order valence-corrected chi connectivity index (χ1v) is 6.27. The Labute approximate surface area is 106 Å². The van der Waals surface area contributed by atoms with E-state index in [4.69, 9.17) is 10.3 Å². The number of rotatable bonds is 5. The summed E-state index contributed by atoms with van der Waals surface area (Å²) < 4.78 is 7.03. The van der Waals surface area contributed by atoms with E-state index in [0.717, 1.165) is 30.5 Å². The SMILES string of the molecule is CCCC(N)c1noc(-c2cn(C)nc2CC)n1. The molecular weight excluding hydrogens is 230 g/mol. The third-order valence-electron chi connectivity index (χ3n) is 2.84.